The van der Waals surface area contributed by atoms with Crippen molar-refractivity contribution in [3.05, 3.63) is 54.4 Å². The van der Waals surface area contributed by atoms with E-state index < -0.39 is 0 Å². The van der Waals surface area contributed by atoms with Crippen molar-refractivity contribution in [3.63, 3.8) is 0 Å². The number of H-pyrrole nitrogens is 1. The molecule has 0 spiro atoms. The highest BCUT2D eigenvalue weighted by Gasteiger charge is 2.10. The molecule has 0 aliphatic carbocycles. The van der Waals surface area contributed by atoms with Gasteiger partial charge in [-0.2, -0.15) is 0 Å². The van der Waals surface area contributed by atoms with Crippen LogP contribution in [0.3, 0.4) is 0 Å². The Kier molecular flexibility index (Phi) is 5.46. The normalized spacial score (nSPS) is 16.7. The van der Waals surface area contributed by atoms with E-state index in [2.05, 4.69) is 37.3 Å². The van der Waals surface area contributed by atoms with Gasteiger partial charge < -0.3 is 19.8 Å². The molecule has 1 aromatic carbocycles. The smallest absolute Gasteiger partial charge is 0.132 e. The number of pyridine rings is 1. The van der Waals surface area contributed by atoms with E-state index in [-0.39, 0.29) is 0 Å². The number of nitrogens with zero attached hydrogens (tertiary/aromatic N) is 3. The number of rotatable bonds is 7. The van der Waals surface area contributed by atoms with Crippen molar-refractivity contribution < 1.29 is 9.47 Å². The highest BCUT2D eigenvalue weighted by Crippen LogP contribution is 2.25. The average Bonchev–Trinajstić information content (AvgIpc) is 3.45. The zero-order valence-electron chi connectivity index (χ0n) is 16.8. The monoisotopic (exact) mass is 403 g/mol. The van der Waals surface area contributed by atoms with Gasteiger partial charge in [-0.05, 0) is 30.3 Å². The lowest BCUT2D eigenvalue weighted by molar-refractivity contribution is 0.0322. The Morgan fingerprint density at radius 3 is 2.80 bits per heavy atom. The Morgan fingerprint density at radius 1 is 1.13 bits per heavy atom. The Bertz CT molecular complexity index is 1060. The predicted molar refractivity (Wildman–Crippen MR) is 120 cm³/mol. The maximum Gasteiger partial charge on any atom is 0.132 e. The van der Waals surface area contributed by atoms with Crippen LogP contribution >= 0.6 is 0 Å². The first kappa shape index (κ1) is 18.8. The number of fused-ring (bicyclic) bond motifs is 1. The molecule has 4 heterocycles. The van der Waals surface area contributed by atoms with Gasteiger partial charge in [0.05, 0.1) is 25.3 Å². The summed E-state index contributed by atoms with van der Waals surface area (Å²) in [6.45, 7) is 5.96. The summed E-state index contributed by atoms with van der Waals surface area (Å²) in [7, 11) is 0. The number of nitrogens with one attached hydrogen (secondary N) is 2. The minimum atomic E-state index is 0.682. The van der Waals surface area contributed by atoms with E-state index in [1.165, 1.54) is 0 Å². The fraction of sp³-hybridized carbons (Fsp3) is 0.304. The van der Waals surface area contributed by atoms with Gasteiger partial charge >= 0.3 is 0 Å². The van der Waals surface area contributed by atoms with Crippen LogP contribution < -0.4 is 10.1 Å². The first-order valence-electron chi connectivity index (χ1n) is 10.3. The molecule has 2 aromatic heterocycles. The second kappa shape index (κ2) is 8.69. The number of ether oxygens (including phenoxy) is 2. The summed E-state index contributed by atoms with van der Waals surface area (Å²) in [6.07, 6.45) is 5.90. The minimum Gasteiger partial charge on any atom is -0.492 e. The van der Waals surface area contributed by atoms with E-state index in [0.717, 1.165) is 78.8 Å². The number of morpholine rings is 1. The first-order chi connectivity index (χ1) is 14.8. The Morgan fingerprint density at radius 2 is 2.00 bits per heavy atom. The van der Waals surface area contributed by atoms with E-state index in [1.54, 1.807) is 0 Å². The summed E-state index contributed by atoms with van der Waals surface area (Å²) in [6, 6.07) is 12.1. The molecule has 0 atom stereocenters. The van der Waals surface area contributed by atoms with Crippen LogP contribution in [0.25, 0.3) is 16.5 Å². The van der Waals surface area contributed by atoms with Gasteiger partial charge in [0.15, 0.2) is 0 Å². The van der Waals surface area contributed by atoms with Crippen LogP contribution in [-0.4, -0.2) is 67.1 Å². The Balaban J connectivity index is 1.19. The standard InChI is InChI=1S/C23H25N5O2/c1-3-20(30-12-9-28-7-10-29-11-8-28)4-2-19(1)26-23-14-22-18(16-25-23)13-21(27-22)17-5-6-24-15-17/h1-5,13-16,27H,6-12H2,(H,25,26). The van der Waals surface area contributed by atoms with Crippen LogP contribution in [0.4, 0.5) is 11.5 Å². The third-order valence-electron chi connectivity index (χ3n) is 5.37. The van der Waals surface area contributed by atoms with Gasteiger partial charge in [-0.25, -0.2) is 4.98 Å². The summed E-state index contributed by atoms with van der Waals surface area (Å²) in [5.74, 6) is 1.67. The number of aromatic amines is 1. The highest BCUT2D eigenvalue weighted by atomic mass is 16.5. The molecule has 7 heteroatoms. The fourth-order valence-electron chi connectivity index (χ4n) is 3.68. The van der Waals surface area contributed by atoms with Crippen molar-refractivity contribution in [2.45, 2.75) is 0 Å². The van der Waals surface area contributed by atoms with Crippen LogP contribution in [0.5, 0.6) is 5.75 Å². The van der Waals surface area contributed by atoms with Gasteiger partial charge in [0, 0.05) is 60.5 Å². The molecule has 1 saturated heterocycles. The van der Waals surface area contributed by atoms with E-state index in [9.17, 15) is 0 Å². The quantitative estimate of drug-likeness (QED) is 0.632. The summed E-state index contributed by atoms with van der Waals surface area (Å²) in [5, 5.41) is 4.44. The van der Waals surface area contributed by atoms with Gasteiger partial charge in [-0.1, -0.05) is 6.08 Å². The van der Waals surface area contributed by atoms with Crippen LogP contribution in [0.1, 0.15) is 5.69 Å². The molecular formula is C23H25N5O2. The molecule has 0 unspecified atom stereocenters. The topological polar surface area (TPSA) is 74.8 Å². The fourth-order valence-corrected chi connectivity index (χ4v) is 3.68. The lowest BCUT2D eigenvalue weighted by Gasteiger charge is -2.26. The van der Waals surface area contributed by atoms with E-state index >= 15 is 0 Å². The molecule has 3 aromatic rings. The number of aliphatic imine (C=N–C) groups is 1. The molecule has 0 radical (unpaired) electrons. The SMILES string of the molecule is C1=NCC=C1c1cc2cnc(Nc3ccc(OCCN4CCOCC4)cc3)cc2[nH]1. The van der Waals surface area contributed by atoms with Crippen LogP contribution in [0.2, 0.25) is 0 Å². The second-order valence-electron chi connectivity index (χ2n) is 7.45. The molecule has 2 N–H and O–H groups in total. The number of allylic oxidation sites excluding steroid dienone is 1. The number of anilines is 2. The Labute approximate surface area is 175 Å². The molecule has 7 nitrogen and oxygen atoms in total. The van der Waals surface area contributed by atoms with E-state index in [1.807, 2.05) is 42.7 Å². The lowest BCUT2D eigenvalue weighted by Crippen LogP contribution is -2.38. The number of hydrogen-bond acceptors (Lipinski definition) is 6. The van der Waals surface area contributed by atoms with Crippen molar-refractivity contribution in [2.24, 2.45) is 4.99 Å². The largest absolute Gasteiger partial charge is 0.492 e. The third-order valence-corrected chi connectivity index (χ3v) is 5.37. The third kappa shape index (κ3) is 4.37. The van der Waals surface area contributed by atoms with E-state index in [4.69, 9.17) is 9.47 Å². The van der Waals surface area contributed by atoms with Crippen LogP contribution in [0.15, 0.2) is 53.7 Å². The molecule has 154 valence electrons. The van der Waals surface area contributed by atoms with Gasteiger partial charge in [-0.3, -0.25) is 9.89 Å². The molecule has 5 rings (SSSR count). The molecule has 2 aliphatic rings. The van der Waals surface area contributed by atoms with Crippen molar-refractivity contribution in [3.8, 4) is 5.75 Å². The second-order valence-corrected chi connectivity index (χ2v) is 7.45. The molecule has 1 fully saturated rings. The van der Waals surface area contributed by atoms with Crippen molar-refractivity contribution in [1.29, 1.82) is 0 Å². The predicted octanol–water partition coefficient (Wildman–Crippen LogP) is 3.49. The van der Waals surface area contributed by atoms with Crippen molar-refractivity contribution in [1.82, 2.24) is 14.9 Å². The van der Waals surface area contributed by atoms with Gasteiger partial charge in [0.2, 0.25) is 0 Å². The number of aromatic nitrogens is 2. The first-order valence-corrected chi connectivity index (χ1v) is 10.3. The van der Waals surface area contributed by atoms with Crippen LogP contribution in [-0.2, 0) is 4.74 Å². The molecule has 0 bridgehead atoms. The van der Waals surface area contributed by atoms with Crippen LogP contribution in [0, 0.1) is 0 Å². The molecule has 0 amide bonds. The zero-order valence-corrected chi connectivity index (χ0v) is 16.8. The summed E-state index contributed by atoms with van der Waals surface area (Å²) >= 11 is 0. The van der Waals surface area contributed by atoms with Crippen molar-refractivity contribution in [2.75, 3.05) is 51.3 Å². The minimum absolute atomic E-state index is 0.682. The summed E-state index contributed by atoms with van der Waals surface area (Å²) < 4.78 is 11.2. The summed E-state index contributed by atoms with van der Waals surface area (Å²) in [4.78, 5) is 14.6. The van der Waals surface area contributed by atoms with Crippen molar-refractivity contribution >= 4 is 34.2 Å². The number of hydrogen-bond donors (Lipinski definition) is 2. The maximum atomic E-state index is 5.88. The van der Waals surface area contributed by atoms with Gasteiger partial charge in [0.1, 0.15) is 18.2 Å². The zero-order chi connectivity index (χ0) is 20.2. The molecule has 0 saturated carbocycles. The molecule has 30 heavy (non-hydrogen) atoms. The van der Waals surface area contributed by atoms with Gasteiger partial charge in [-0.15, -0.1) is 0 Å². The maximum absolute atomic E-state index is 5.88. The highest BCUT2D eigenvalue weighted by molar-refractivity contribution is 6.12. The lowest BCUT2D eigenvalue weighted by atomic mass is 10.2. The van der Waals surface area contributed by atoms with Gasteiger partial charge in [0.25, 0.3) is 0 Å². The molecular weight excluding hydrogens is 378 g/mol. The molecule has 2 aliphatic heterocycles. The number of benzene rings is 1. The summed E-state index contributed by atoms with van der Waals surface area (Å²) in [5.41, 5.74) is 4.22. The Hall–Kier alpha value is -3.16. The average molecular weight is 403 g/mol. The van der Waals surface area contributed by atoms with E-state index in [0.29, 0.717) is 6.61 Å².